The molecular formula is C13H23NOSi. The summed E-state index contributed by atoms with van der Waals surface area (Å²) in [5.41, 5.74) is 7.87. The minimum atomic E-state index is -1.56. The van der Waals surface area contributed by atoms with Crippen molar-refractivity contribution in [3.8, 4) is 0 Å². The van der Waals surface area contributed by atoms with Crippen molar-refractivity contribution in [1.82, 2.24) is 0 Å². The van der Waals surface area contributed by atoms with E-state index in [1.54, 1.807) is 0 Å². The molecule has 16 heavy (non-hydrogen) atoms. The van der Waals surface area contributed by atoms with E-state index in [4.69, 9.17) is 10.2 Å². The van der Waals surface area contributed by atoms with Crippen LogP contribution in [0, 0.1) is 0 Å². The minimum Gasteiger partial charge on any atom is -0.415 e. The van der Waals surface area contributed by atoms with Crippen LogP contribution >= 0.6 is 0 Å². The van der Waals surface area contributed by atoms with Crippen LogP contribution in [0.5, 0.6) is 0 Å². The van der Waals surface area contributed by atoms with E-state index in [0.717, 1.165) is 5.56 Å². The van der Waals surface area contributed by atoms with Crippen molar-refractivity contribution in [3.05, 3.63) is 35.9 Å². The summed E-state index contributed by atoms with van der Waals surface area (Å²) in [6.07, 6.45) is 0. The van der Waals surface area contributed by atoms with Crippen LogP contribution in [0.4, 0.5) is 0 Å². The molecule has 0 fully saturated rings. The molecule has 0 aromatic heterocycles. The van der Waals surface area contributed by atoms with Gasteiger partial charge in [0, 0.05) is 0 Å². The summed E-state index contributed by atoms with van der Waals surface area (Å²) in [5.74, 6) is 0. The Hall–Kier alpha value is -0.643. The molecule has 1 aromatic carbocycles. The van der Waals surface area contributed by atoms with E-state index in [2.05, 4.69) is 39.1 Å². The SMILES string of the molecule is CC(C)[Si](C)(C)OC[C@H](N)c1ccccc1. The van der Waals surface area contributed by atoms with Gasteiger partial charge in [0.05, 0.1) is 12.6 Å². The lowest BCUT2D eigenvalue weighted by Gasteiger charge is -2.28. The van der Waals surface area contributed by atoms with E-state index in [-0.39, 0.29) is 6.04 Å². The molecule has 1 aromatic rings. The van der Waals surface area contributed by atoms with Crippen LogP contribution in [0.15, 0.2) is 30.3 Å². The molecule has 3 heteroatoms. The summed E-state index contributed by atoms with van der Waals surface area (Å²) in [7, 11) is -1.56. The molecule has 0 radical (unpaired) electrons. The van der Waals surface area contributed by atoms with Gasteiger partial charge in [-0.25, -0.2) is 0 Å². The molecule has 1 rings (SSSR count). The lowest BCUT2D eigenvalue weighted by atomic mass is 10.1. The van der Waals surface area contributed by atoms with Gasteiger partial charge in [0.25, 0.3) is 0 Å². The molecule has 0 aliphatic carbocycles. The smallest absolute Gasteiger partial charge is 0.189 e. The molecule has 90 valence electrons. The van der Waals surface area contributed by atoms with Crippen LogP contribution in [0.1, 0.15) is 25.5 Å². The lowest BCUT2D eigenvalue weighted by Crippen LogP contribution is -2.36. The second-order valence-electron chi connectivity index (χ2n) is 5.09. The van der Waals surface area contributed by atoms with Crippen LogP contribution in [-0.4, -0.2) is 14.9 Å². The summed E-state index contributed by atoms with van der Waals surface area (Å²) in [5, 5.41) is 0. The number of hydrogen-bond acceptors (Lipinski definition) is 2. The molecule has 0 saturated carbocycles. The minimum absolute atomic E-state index is 0.00766. The number of nitrogens with two attached hydrogens (primary N) is 1. The third-order valence-electron chi connectivity index (χ3n) is 3.25. The Morgan fingerprint density at radius 3 is 2.25 bits per heavy atom. The molecule has 0 unspecified atom stereocenters. The molecule has 0 aliphatic rings. The second-order valence-corrected chi connectivity index (χ2v) is 9.74. The topological polar surface area (TPSA) is 35.2 Å². The van der Waals surface area contributed by atoms with E-state index in [1.807, 2.05) is 18.2 Å². The molecule has 2 N–H and O–H groups in total. The van der Waals surface area contributed by atoms with Gasteiger partial charge in [0.15, 0.2) is 8.32 Å². The first-order chi connectivity index (χ1) is 7.43. The molecule has 2 nitrogen and oxygen atoms in total. The van der Waals surface area contributed by atoms with Crippen molar-refractivity contribution in [2.45, 2.75) is 38.5 Å². The van der Waals surface area contributed by atoms with Gasteiger partial charge in [-0.1, -0.05) is 44.2 Å². The van der Waals surface area contributed by atoms with E-state index >= 15 is 0 Å². The van der Waals surface area contributed by atoms with Crippen molar-refractivity contribution < 1.29 is 4.43 Å². The van der Waals surface area contributed by atoms with Gasteiger partial charge in [-0.05, 0) is 24.2 Å². The van der Waals surface area contributed by atoms with Crippen LogP contribution < -0.4 is 5.73 Å². The fraction of sp³-hybridized carbons (Fsp3) is 0.538. The molecule has 0 saturated heterocycles. The van der Waals surface area contributed by atoms with Crippen LogP contribution in [0.3, 0.4) is 0 Å². The highest BCUT2D eigenvalue weighted by Gasteiger charge is 2.27. The van der Waals surface area contributed by atoms with Gasteiger partial charge in [0.1, 0.15) is 0 Å². The maximum atomic E-state index is 6.10. The highest BCUT2D eigenvalue weighted by molar-refractivity contribution is 6.72. The largest absolute Gasteiger partial charge is 0.415 e. The van der Waals surface area contributed by atoms with Crippen molar-refractivity contribution in [3.63, 3.8) is 0 Å². The second kappa shape index (κ2) is 5.62. The van der Waals surface area contributed by atoms with Crippen molar-refractivity contribution in [2.24, 2.45) is 5.73 Å². The number of benzene rings is 1. The van der Waals surface area contributed by atoms with E-state index in [9.17, 15) is 0 Å². The van der Waals surface area contributed by atoms with E-state index in [1.165, 1.54) is 0 Å². The molecule has 0 spiro atoms. The summed E-state index contributed by atoms with van der Waals surface area (Å²) >= 11 is 0. The molecule has 0 bridgehead atoms. The average molecular weight is 237 g/mol. The molecule has 0 amide bonds. The van der Waals surface area contributed by atoms with Gasteiger partial charge >= 0.3 is 0 Å². The summed E-state index contributed by atoms with van der Waals surface area (Å²) < 4.78 is 6.02. The quantitative estimate of drug-likeness (QED) is 0.797. The molecule has 1 atom stereocenters. The predicted molar refractivity (Wildman–Crippen MR) is 71.9 cm³/mol. The Morgan fingerprint density at radius 1 is 1.19 bits per heavy atom. The number of rotatable bonds is 5. The third-order valence-corrected chi connectivity index (χ3v) is 6.94. The first-order valence-corrected chi connectivity index (χ1v) is 8.86. The lowest BCUT2D eigenvalue weighted by molar-refractivity contribution is 0.275. The first-order valence-electron chi connectivity index (χ1n) is 5.88. The van der Waals surface area contributed by atoms with Crippen LogP contribution in [0.2, 0.25) is 18.6 Å². The summed E-state index contributed by atoms with van der Waals surface area (Å²) in [6.45, 7) is 9.56. The zero-order valence-corrected chi connectivity index (χ0v) is 11.7. The first kappa shape index (κ1) is 13.4. The maximum Gasteiger partial charge on any atom is 0.189 e. The Bertz CT molecular complexity index is 311. The normalized spacial score (nSPS) is 14.1. The van der Waals surface area contributed by atoms with Gasteiger partial charge < -0.3 is 10.2 Å². The Morgan fingerprint density at radius 2 is 1.75 bits per heavy atom. The van der Waals surface area contributed by atoms with Crippen LogP contribution in [-0.2, 0) is 4.43 Å². The van der Waals surface area contributed by atoms with Gasteiger partial charge in [0.2, 0.25) is 0 Å². The monoisotopic (exact) mass is 237 g/mol. The standard InChI is InChI=1S/C13H23NOSi/c1-11(2)16(3,4)15-10-13(14)12-8-6-5-7-9-12/h5-9,11,13H,10,14H2,1-4H3/t13-/m0/s1. The van der Waals surface area contributed by atoms with Gasteiger partial charge in [-0.2, -0.15) is 0 Å². The van der Waals surface area contributed by atoms with Crippen molar-refractivity contribution in [2.75, 3.05) is 6.61 Å². The van der Waals surface area contributed by atoms with E-state index < -0.39 is 8.32 Å². The van der Waals surface area contributed by atoms with Gasteiger partial charge in [-0.15, -0.1) is 0 Å². The zero-order chi connectivity index (χ0) is 12.2. The Kier molecular flexibility index (Phi) is 4.71. The Labute approximate surface area is 99.9 Å². The maximum absolute atomic E-state index is 6.10. The Balaban J connectivity index is 2.51. The van der Waals surface area contributed by atoms with Crippen LogP contribution in [0.25, 0.3) is 0 Å². The fourth-order valence-corrected chi connectivity index (χ4v) is 2.21. The molecule has 0 aliphatic heterocycles. The average Bonchev–Trinajstić information content (AvgIpc) is 2.27. The predicted octanol–water partition coefficient (Wildman–Crippen LogP) is 3.32. The third kappa shape index (κ3) is 3.74. The highest BCUT2D eigenvalue weighted by Crippen LogP contribution is 2.23. The summed E-state index contributed by atoms with van der Waals surface area (Å²) in [4.78, 5) is 0. The zero-order valence-electron chi connectivity index (χ0n) is 10.7. The molecule has 0 heterocycles. The van der Waals surface area contributed by atoms with Crippen molar-refractivity contribution >= 4 is 8.32 Å². The molecular weight excluding hydrogens is 214 g/mol. The van der Waals surface area contributed by atoms with E-state index in [0.29, 0.717) is 12.1 Å². The van der Waals surface area contributed by atoms with Gasteiger partial charge in [-0.3, -0.25) is 0 Å². The summed E-state index contributed by atoms with van der Waals surface area (Å²) in [6, 6.07) is 10.1. The highest BCUT2D eigenvalue weighted by atomic mass is 28.4. The fourth-order valence-electron chi connectivity index (χ4n) is 1.27. The number of hydrogen-bond donors (Lipinski definition) is 1. The van der Waals surface area contributed by atoms with Crippen molar-refractivity contribution in [1.29, 1.82) is 0 Å².